The Morgan fingerprint density at radius 1 is 1.30 bits per heavy atom. The Balaban J connectivity index is 2.47. The van der Waals surface area contributed by atoms with E-state index in [0.29, 0.717) is 25.2 Å². The Morgan fingerprint density at radius 2 is 2.04 bits per heavy atom. The molecule has 154 valence electrons. The first-order chi connectivity index (χ1) is 12.8. The van der Waals surface area contributed by atoms with E-state index in [1.807, 2.05) is 6.08 Å². The van der Waals surface area contributed by atoms with Crippen LogP contribution >= 0.6 is 0 Å². The predicted octanol–water partition coefficient (Wildman–Crippen LogP) is 3.89. The lowest BCUT2D eigenvalue weighted by atomic mass is 9.88. The first kappa shape index (κ1) is 23.6. The lowest BCUT2D eigenvalue weighted by Gasteiger charge is -2.18. The molecule has 0 saturated heterocycles. The molecule has 3 N–H and O–H groups in total. The van der Waals surface area contributed by atoms with Gasteiger partial charge in [-0.15, -0.1) is 0 Å². The van der Waals surface area contributed by atoms with Gasteiger partial charge in [0.2, 0.25) is 0 Å². The number of allylic oxidation sites excluding steroid dienone is 1. The summed E-state index contributed by atoms with van der Waals surface area (Å²) in [5.41, 5.74) is 0. The lowest BCUT2D eigenvalue weighted by molar-refractivity contribution is -0.131. The topological polar surface area (TPSA) is 94.8 Å². The van der Waals surface area contributed by atoms with Crippen LogP contribution in [0, 0.1) is 17.8 Å². The van der Waals surface area contributed by atoms with Crippen molar-refractivity contribution in [3.05, 3.63) is 24.3 Å². The van der Waals surface area contributed by atoms with Gasteiger partial charge in [-0.2, -0.15) is 0 Å². The smallest absolute Gasteiger partial charge is 0.327 e. The van der Waals surface area contributed by atoms with Crippen molar-refractivity contribution in [3.8, 4) is 0 Å². The second-order valence-corrected chi connectivity index (χ2v) is 7.88. The highest BCUT2D eigenvalue weighted by Crippen LogP contribution is 2.34. The van der Waals surface area contributed by atoms with Gasteiger partial charge < -0.3 is 15.3 Å². The van der Waals surface area contributed by atoms with E-state index in [0.717, 1.165) is 38.2 Å². The molecule has 5 nitrogen and oxygen atoms in total. The van der Waals surface area contributed by atoms with E-state index in [9.17, 15) is 19.8 Å². The molecule has 5 atom stereocenters. The van der Waals surface area contributed by atoms with Crippen LogP contribution in [0.4, 0.5) is 0 Å². The first-order valence-electron chi connectivity index (χ1n) is 10.3. The molecule has 0 spiro atoms. The number of aliphatic hydroxyl groups is 2. The van der Waals surface area contributed by atoms with Crippen molar-refractivity contribution in [2.45, 2.75) is 83.8 Å². The SMILES string of the molecule is CCCCC(C)CC(O)/C=C/[C@H]1[C@H](O)CC(=O)[C@@H]1CCCC/C=C/C(=O)O. The van der Waals surface area contributed by atoms with E-state index >= 15 is 0 Å². The number of unbranched alkanes of at least 4 members (excludes halogenated alkanes) is 3. The number of hydrogen-bond donors (Lipinski definition) is 3. The van der Waals surface area contributed by atoms with Gasteiger partial charge in [-0.1, -0.05) is 57.8 Å². The van der Waals surface area contributed by atoms with Crippen molar-refractivity contribution in [1.29, 1.82) is 0 Å². The average Bonchev–Trinajstić information content (AvgIpc) is 2.87. The number of hydrogen-bond acceptors (Lipinski definition) is 4. The second-order valence-electron chi connectivity index (χ2n) is 7.88. The molecule has 0 heterocycles. The number of aliphatic carboxylic acids is 1. The minimum Gasteiger partial charge on any atom is -0.478 e. The van der Waals surface area contributed by atoms with Crippen molar-refractivity contribution in [2.24, 2.45) is 17.8 Å². The highest BCUT2D eigenvalue weighted by molar-refractivity contribution is 5.84. The molecule has 0 bridgehead atoms. The first-order valence-corrected chi connectivity index (χ1v) is 10.3. The third-order valence-corrected chi connectivity index (χ3v) is 5.38. The summed E-state index contributed by atoms with van der Waals surface area (Å²) in [6.45, 7) is 4.30. The van der Waals surface area contributed by atoms with E-state index in [1.54, 1.807) is 12.2 Å². The molecule has 0 aromatic heterocycles. The quantitative estimate of drug-likeness (QED) is 0.256. The fourth-order valence-electron chi connectivity index (χ4n) is 3.82. The van der Waals surface area contributed by atoms with E-state index in [-0.39, 0.29) is 24.0 Å². The number of rotatable bonds is 13. The number of carbonyl (C=O) groups is 2. The van der Waals surface area contributed by atoms with Crippen LogP contribution in [0.3, 0.4) is 0 Å². The number of Topliss-reactive ketones (excluding diaryl/α,β-unsaturated/α-hetero) is 1. The van der Waals surface area contributed by atoms with Gasteiger partial charge in [-0.25, -0.2) is 4.79 Å². The summed E-state index contributed by atoms with van der Waals surface area (Å²) in [6.07, 6.45) is 12.4. The van der Waals surface area contributed by atoms with Crippen LogP contribution in [0.5, 0.6) is 0 Å². The van der Waals surface area contributed by atoms with E-state index in [1.165, 1.54) is 0 Å². The van der Waals surface area contributed by atoms with Crippen LogP contribution < -0.4 is 0 Å². The van der Waals surface area contributed by atoms with Gasteiger partial charge in [0.05, 0.1) is 12.2 Å². The standard InChI is InChI=1S/C22H36O5/c1-3-4-9-16(2)14-17(23)12-13-19-18(20(24)15-21(19)25)10-7-5-6-8-11-22(26)27/h8,11-13,16-19,21,23,25H,3-7,9-10,14-15H2,1-2H3,(H,26,27)/b11-8+,13-12+/t16?,17?,18-,19-,21-/m1/s1. The molecule has 1 aliphatic carbocycles. The zero-order valence-electron chi connectivity index (χ0n) is 16.7. The zero-order valence-corrected chi connectivity index (χ0v) is 16.7. The minimum absolute atomic E-state index is 0.0871. The van der Waals surface area contributed by atoms with Gasteiger partial charge in [-0.3, -0.25) is 4.79 Å². The minimum atomic E-state index is -0.947. The van der Waals surface area contributed by atoms with Gasteiger partial charge in [0.1, 0.15) is 5.78 Å². The van der Waals surface area contributed by atoms with Crippen molar-refractivity contribution in [2.75, 3.05) is 0 Å². The van der Waals surface area contributed by atoms with Crippen LogP contribution in [0.15, 0.2) is 24.3 Å². The summed E-state index contributed by atoms with van der Waals surface area (Å²) in [4.78, 5) is 22.6. The van der Waals surface area contributed by atoms with Crippen molar-refractivity contribution < 1.29 is 24.9 Å². The zero-order chi connectivity index (χ0) is 20.2. The monoisotopic (exact) mass is 380 g/mol. The number of carboxylic acids is 1. The van der Waals surface area contributed by atoms with Gasteiger partial charge in [0.15, 0.2) is 0 Å². The molecule has 1 aliphatic rings. The molecule has 1 fully saturated rings. The molecule has 0 amide bonds. The molecule has 1 saturated carbocycles. The predicted molar refractivity (Wildman–Crippen MR) is 106 cm³/mol. The Kier molecular flexibility index (Phi) is 11.2. The van der Waals surface area contributed by atoms with E-state index < -0.39 is 18.2 Å². The normalized spacial score (nSPS) is 25.5. The highest BCUT2D eigenvalue weighted by Gasteiger charge is 2.39. The second kappa shape index (κ2) is 12.8. The molecule has 27 heavy (non-hydrogen) atoms. The summed E-state index contributed by atoms with van der Waals surface area (Å²) in [5.74, 6) is -0.840. The van der Waals surface area contributed by atoms with E-state index in [4.69, 9.17) is 5.11 Å². The van der Waals surface area contributed by atoms with Gasteiger partial charge >= 0.3 is 5.97 Å². The Bertz CT molecular complexity index is 511. The largest absolute Gasteiger partial charge is 0.478 e. The average molecular weight is 381 g/mol. The van der Waals surface area contributed by atoms with Crippen molar-refractivity contribution >= 4 is 11.8 Å². The molecule has 0 aromatic carbocycles. The molecular formula is C22H36O5. The summed E-state index contributed by atoms with van der Waals surface area (Å²) in [5, 5.41) is 29.0. The van der Waals surface area contributed by atoms with Crippen LogP contribution in [0.25, 0.3) is 0 Å². The fourth-order valence-corrected chi connectivity index (χ4v) is 3.82. The Labute approximate surface area is 163 Å². The van der Waals surface area contributed by atoms with Crippen LogP contribution in [-0.4, -0.2) is 39.3 Å². The maximum absolute atomic E-state index is 12.2. The number of aliphatic hydroxyl groups excluding tert-OH is 2. The Hall–Kier alpha value is -1.46. The van der Waals surface area contributed by atoms with Crippen molar-refractivity contribution in [3.63, 3.8) is 0 Å². The third kappa shape index (κ3) is 9.34. The van der Waals surface area contributed by atoms with Gasteiger partial charge in [0, 0.05) is 24.3 Å². The van der Waals surface area contributed by atoms with Crippen LogP contribution in [0.2, 0.25) is 0 Å². The molecule has 0 radical (unpaired) electrons. The van der Waals surface area contributed by atoms with Gasteiger partial charge in [0.25, 0.3) is 0 Å². The molecule has 2 unspecified atom stereocenters. The van der Waals surface area contributed by atoms with Crippen molar-refractivity contribution in [1.82, 2.24) is 0 Å². The van der Waals surface area contributed by atoms with E-state index in [2.05, 4.69) is 13.8 Å². The molecule has 1 rings (SSSR count). The number of carboxylic acid groups (broad SMARTS) is 1. The fraction of sp³-hybridized carbons (Fsp3) is 0.727. The maximum Gasteiger partial charge on any atom is 0.327 e. The highest BCUT2D eigenvalue weighted by atomic mass is 16.4. The van der Waals surface area contributed by atoms with Crippen LogP contribution in [0.1, 0.15) is 71.6 Å². The molecule has 0 aromatic rings. The summed E-state index contributed by atoms with van der Waals surface area (Å²) >= 11 is 0. The molecule has 0 aliphatic heterocycles. The summed E-state index contributed by atoms with van der Waals surface area (Å²) < 4.78 is 0. The summed E-state index contributed by atoms with van der Waals surface area (Å²) in [6, 6.07) is 0. The van der Waals surface area contributed by atoms with Crippen LogP contribution in [-0.2, 0) is 9.59 Å². The van der Waals surface area contributed by atoms with Gasteiger partial charge in [-0.05, 0) is 31.6 Å². The molecule has 5 heteroatoms. The Morgan fingerprint density at radius 3 is 2.70 bits per heavy atom. The maximum atomic E-state index is 12.2. The number of carbonyl (C=O) groups excluding carboxylic acids is 1. The lowest BCUT2D eigenvalue weighted by Crippen LogP contribution is -2.19. The number of ketones is 1. The summed E-state index contributed by atoms with van der Waals surface area (Å²) in [7, 11) is 0. The molecular weight excluding hydrogens is 344 g/mol. The third-order valence-electron chi connectivity index (χ3n) is 5.38.